The topological polar surface area (TPSA) is 87.1 Å². The first-order valence-corrected chi connectivity index (χ1v) is 10.8. The Kier molecular flexibility index (Phi) is 7.20. The van der Waals surface area contributed by atoms with Crippen LogP contribution in [0, 0.1) is 0 Å². The Balaban J connectivity index is 1.86. The minimum Gasteiger partial charge on any atom is -0.478 e. The van der Waals surface area contributed by atoms with Crippen LogP contribution < -0.4 is 0 Å². The molecule has 2 rings (SSSR count). The van der Waals surface area contributed by atoms with Gasteiger partial charge in [-0.2, -0.15) is 0 Å². The number of benzene rings is 1. The number of unbranched alkanes of at least 4 members (excludes halogenated alkanes) is 1. The molecular weight excluding hydrogens is 341 g/mol. The lowest BCUT2D eigenvalue weighted by Crippen LogP contribution is -2.49. The van der Waals surface area contributed by atoms with Gasteiger partial charge in [-0.25, -0.2) is 4.79 Å². The molecule has 1 aromatic carbocycles. The lowest BCUT2D eigenvalue weighted by molar-refractivity contribution is -0.0433. The van der Waals surface area contributed by atoms with E-state index in [1.165, 1.54) is 0 Å². The average molecular weight is 369 g/mol. The van der Waals surface area contributed by atoms with E-state index in [0.29, 0.717) is 19.3 Å². The highest BCUT2D eigenvalue weighted by molar-refractivity contribution is 7.58. The van der Waals surface area contributed by atoms with Gasteiger partial charge in [0.1, 0.15) is 0 Å². The number of ether oxygens (including phenoxy) is 1. The quantitative estimate of drug-likeness (QED) is 0.685. The van der Waals surface area contributed by atoms with Gasteiger partial charge in [-0.05, 0) is 37.6 Å². The summed E-state index contributed by atoms with van der Waals surface area (Å²) in [5.74, 6) is -0.927. The minimum absolute atomic E-state index is 0.181. The molecule has 0 aromatic heterocycles. The molecule has 2 N–H and O–H groups in total. The van der Waals surface area contributed by atoms with E-state index < -0.39 is 13.3 Å². The van der Waals surface area contributed by atoms with Crippen LogP contribution in [0.25, 0.3) is 0 Å². The third-order valence-corrected chi connectivity index (χ3v) is 6.65. The average Bonchev–Trinajstić information content (AvgIpc) is 2.56. The van der Waals surface area contributed by atoms with E-state index in [0.717, 1.165) is 24.8 Å². The summed E-state index contributed by atoms with van der Waals surface area (Å²) in [5.41, 5.74) is 1.34. The Hall–Kier alpha value is -1.20. The molecular formula is C18H28NO5P. The molecule has 3 atom stereocenters. The molecule has 1 heterocycles. The Morgan fingerprint density at radius 1 is 1.36 bits per heavy atom. The van der Waals surface area contributed by atoms with Crippen molar-refractivity contribution in [1.29, 1.82) is 0 Å². The molecule has 0 radical (unpaired) electrons. The fraction of sp³-hybridized carbons (Fsp3) is 0.611. The number of carbonyl (C=O) groups is 1. The summed E-state index contributed by atoms with van der Waals surface area (Å²) in [4.78, 5) is 23.1. The van der Waals surface area contributed by atoms with Crippen LogP contribution in [0.2, 0.25) is 0 Å². The number of hydrogen-bond acceptors (Lipinski definition) is 4. The van der Waals surface area contributed by atoms with E-state index in [-0.39, 0.29) is 23.9 Å². The summed E-state index contributed by atoms with van der Waals surface area (Å²) >= 11 is 0. The fourth-order valence-corrected chi connectivity index (χ4v) is 4.94. The van der Waals surface area contributed by atoms with E-state index >= 15 is 0 Å². The first kappa shape index (κ1) is 20.1. The molecule has 1 fully saturated rings. The number of carboxylic acid groups (broad SMARTS) is 1. The number of rotatable bonds is 8. The first-order chi connectivity index (χ1) is 11.8. The smallest absolute Gasteiger partial charge is 0.335 e. The summed E-state index contributed by atoms with van der Waals surface area (Å²) in [6.45, 7) is 3.16. The maximum Gasteiger partial charge on any atom is 0.335 e. The lowest BCUT2D eigenvalue weighted by Gasteiger charge is -2.38. The largest absolute Gasteiger partial charge is 0.478 e. The van der Waals surface area contributed by atoms with E-state index in [1.54, 1.807) is 12.1 Å². The monoisotopic (exact) mass is 369 g/mol. The number of nitrogens with zero attached hydrogens (tertiary/aromatic N) is 1. The van der Waals surface area contributed by atoms with E-state index in [9.17, 15) is 14.3 Å². The zero-order valence-corrected chi connectivity index (χ0v) is 15.8. The van der Waals surface area contributed by atoms with Gasteiger partial charge >= 0.3 is 5.97 Å². The second-order valence-electron chi connectivity index (χ2n) is 6.86. The van der Waals surface area contributed by atoms with Crippen molar-refractivity contribution in [3.63, 3.8) is 0 Å². The van der Waals surface area contributed by atoms with Gasteiger partial charge in [0.25, 0.3) is 0 Å². The van der Waals surface area contributed by atoms with Gasteiger partial charge in [0.2, 0.25) is 7.37 Å². The highest BCUT2D eigenvalue weighted by Crippen LogP contribution is 2.43. The van der Waals surface area contributed by atoms with Gasteiger partial charge in [0.05, 0.1) is 24.4 Å². The Morgan fingerprint density at radius 2 is 2.04 bits per heavy atom. The zero-order valence-electron chi connectivity index (χ0n) is 14.9. The molecule has 7 heteroatoms. The van der Waals surface area contributed by atoms with Gasteiger partial charge in [0.15, 0.2) is 0 Å². The SMILES string of the molecule is CCCCP(=O)(O)C[C@@H]1CN(C)[C@H](Cc2ccc(C(=O)O)cc2)CO1. The summed E-state index contributed by atoms with van der Waals surface area (Å²) in [6.07, 6.45) is 2.83. The molecule has 6 nitrogen and oxygen atoms in total. The van der Waals surface area contributed by atoms with Crippen molar-refractivity contribution in [2.75, 3.05) is 32.5 Å². The van der Waals surface area contributed by atoms with Gasteiger partial charge in [-0.3, -0.25) is 9.46 Å². The molecule has 0 aliphatic carbocycles. The second-order valence-corrected chi connectivity index (χ2v) is 9.37. The third kappa shape index (κ3) is 6.23. The highest BCUT2D eigenvalue weighted by atomic mass is 31.2. The maximum atomic E-state index is 12.2. The molecule has 0 spiro atoms. The van der Waals surface area contributed by atoms with Crippen LogP contribution in [0.1, 0.15) is 35.7 Å². The third-order valence-electron chi connectivity index (χ3n) is 4.66. The van der Waals surface area contributed by atoms with Gasteiger partial charge in [0, 0.05) is 18.7 Å². The Bertz CT molecular complexity index is 618. The van der Waals surface area contributed by atoms with Gasteiger partial charge < -0.3 is 14.7 Å². The number of hydrogen-bond donors (Lipinski definition) is 2. The normalized spacial score (nSPS) is 24.0. The van der Waals surface area contributed by atoms with Crippen molar-refractivity contribution in [3.8, 4) is 0 Å². The number of carboxylic acids is 1. The molecule has 140 valence electrons. The number of likely N-dealkylation sites (N-methyl/N-ethyl adjacent to an activating group) is 1. The molecule has 0 bridgehead atoms. The van der Waals surface area contributed by atoms with Crippen molar-refractivity contribution in [2.24, 2.45) is 0 Å². The van der Waals surface area contributed by atoms with E-state index in [4.69, 9.17) is 9.84 Å². The minimum atomic E-state index is -3.11. The maximum absolute atomic E-state index is 12.2. The molecule has 1 aromatic rings. The summed E-state index contributed by atoms with van der Waals surface area (Å²) in [5, 5.41) is 8.94. The molecule has 0 saturated carbocycles. The van der Waals surface area contributed by atoms with Crippen molar-refractivity contribution in [1.82, 2.24) is 4.90 Å². The predicted molar refractivity (Wildman–Crippen MR) is 97.7 cm³/mol. The van der Waals surface area contributed by atoms with E-state index in [2.05, 4.69) is 4.90 Å². The Morgan fingerprint density at radius 3 is 2.60 bits per heavy atom. The van der Waals surface area contributed by atoms with Crippen LogP contribution >= 0.6 is 7.37 Å². The van der Waals surface area contributed by atoms with Crippen molar-refractivity contribution < 1.29 is 24.1 Å². The zero-order chi connectivity index (χ0) is 18.4. The fourth-order valence-electron chi connectivity index (χ4n) is 3.09. The van der Waals surface area contributed by atoms with Crippen LogP contribution in [0.15, 0.2) is 24.3 Å². The number of morpholine rings is 1. The molecule has 1 aliphatic rings. The second kappa shape index (κ2) is 8.95. The molecule has 25 heavy (non-hydrogen) atoms. The number of aromatic carboxylic acids is 1. The van der Waals surface area contributed by atoms with Crippen molar-refractivity contribution >= 4 is 13.3 Å². The van der Waals surface area contributed by atoms with E-state index in [1.807, 2.05) is 26.1 Å². The van der Waals surface area contributed by atoms with Crippen molar-refractivity contribution in [2.45, 2.75) is 38.3 Å². The van der Waals surface area contributed by atoms with Crippen LogP contribution in [-0.2, 0) is 15.7 Å². The molecule has 0 amide bonds. The molecule has 1 saturated heterocycles. The standard InChI is InChI=1S/C18H28NO5P/c1-3-4-9-25(22,23)13-17-11-19(2)16(12-24-17)10-14-5-7-15(8-6-14)18(20)21/h5-8,16-17H,3-4,9-13H2,1-2H3,(H,20,21)(H,22,23)/t16-,17+/m1/s1. The van der Waals surface area contributed by atoms with Gasteiger partial charge in [-0.15, -0.1) is 0 Å². The molecule has 1 aliphatic heterocycles. The highest BCUT2D eigenvalue weighted by Gasteiger charge is 2.31. The predicted octanol–water partition coefficient (Wildman–Crippen LogP) is 2.70. The lowest BCUT2D eigenvalue weighted by atomic mass is 10.0. The first-order valence-electron chi connectivity index (χ1n) is 8.75. The van der Waals surface area contributed by atoms with Crippen LogP contribution in [-0.4, -0.2) is 65.5 Å². The van der Waals surface area contributed by atoms with Crippen LogP contribution in [0.5, 0.6) is 0 Å². The van der Waals surface area contributed by atoms with Crippen LogP contribution in [0.4, 0.5) is 0 Å². The van der Waals surface area contributed by atoms with Crippen molar-refractivity contribution in [3.05, 3.63) is 35.4 Å². The van der Waals surface area contributed by atoms with Crippen LogP contribution in [0.3, 0.4) is 0 Å². The Labute approximate surface area is 149 Å². The summed E-state index contributed by atoms with van der Waals surface area (Å²) in [7, 11) is -1.11. The summed E-state index contributed by atoms with van der Waals surface area (Å²) < 4.78 is 18.1. The molecule has 1 unspecified atom stereocenters. The van der Waals surface area contributed by atoms with Gasteiger partial charge in [-0.1, -0.05) is 25.5 Å². The summed E-state index contributed by atoms with van der Waals surface area (Å²) in [6, 6.07) is 7.06.